The Balaban J connectivity index is 0.00000144. The number of nitrogens with one attached hydrogen (secondary N) is 1. The van der Waals surface area contributed by atoms with Crippen molar-refractivity contribution in [2.45, 2.75) is 25.8 Å². The molecule has 0 bridgehead atoms. The molecule has 5 heteroatoms. The van der Waals surface area contributed by atoms with Crippen LogP contribution in [0, 0.1) is 0 Å². The molecule has 1 saturated heterocycles. The van der Waals surface area contributed by atoms with E-state index in [9.17, 15) is 0 Å². The summed E-state index contributed by atoms with van der Waals surface area (Å²) < 4.78 is 5.32. The van der Waals surface area contributed by atoms with Crippen LogP contribution < -0.4 is 10.1 Å². The summed E-state index contributed by atoms with van der Waals surface area (Å²) in [6.45, 7) is 6.77. The summed E-state index contributed by atoms with van der Waals surface area (Å²) in [7, 11) is 1.72. The predicted octanol–water partition coefficient (Wildman–Crippen LogP) is 4.44. The van der Waals surface area contributed by atoms with E-state index in [2.05, 4.69) is 47.5 Å². The third-order valence-corrected chi connectivity index (χ3v) is 4.61. The van der Waals surface area contributed by atoms with Gasteiger partial charge in [-0.1, -0.05) is 31.5 Å². The molecule has 3 rings (SSSR count). The number of halogens is 2. The van der Waals surface area contributed by atoms with Gasteiger partial charge in [0.15, 0.2) is 0 Å². The number of rotatable bonds is 5. The lowest BCUT2D eigenvalue weighted by molar-refractivity contribution is 0.165. The van der Waals surface area contributed by atoms with Gasteiger partial charge in [0.2, 0.25) is 0 Å². The van der Waals surface area contributed by atoms with E-state index in [1.54, 1.807) is 7.11 Å². The fraction of sp³-hybridized carbons (Fsp3) is 0.474. The minimum absolute atomic E-state index is 0. The van der Waals surface area contributed by atoms with E-state index in [0.29, 0.717) is 6.04 Å². The van der Waals surface area contributed by atoms with Gasteiger partial charge in [0.1, 0.15) is 5.75 Å². The van der Waals surface area contributed by atoms with Crippen molar-refractivity contribution in [3.05, 3.63) is 42.0 Å². The van der Waals surface area contributed by atoms with E-state index in [0.717, 1.165) is 31.9 Å². The number of hydrogen-bond acceptors (Lipinski definition) is 3. The molecule has 0 radical (unpaired) electrons. The van der Waals surface area contributed by atoms with Crippen LogP contribution in [-0.4, -0.2) is 38.2 Å². The first-order chi connectivity index (χ1) is 10.8. The summed E-state index contributed by atoms with van der Waals surface area (Å²) in [6.07, 6.45) is 2.44. The molecule has 1 heterocycles. The summed E-state index contributed by atoms with van der Waals surface area (Å²) in [4.78, 5) is 2.63. The number of nitrogens with zero attached hydrogens (tertiary/aromatic N) is 1. The van der Waals surface area contributed by atoms with Crippen LogP contribution in [0.3, 0.4) is 0 Å². The van der Waals surface area contributed by atoms with Crippen LogP contribution in [0.2, 0.25) is 0 Å². The fourth-order valence-electron chi connectivity index (χ4n) is 3.40. The van der Waals surface area contributed by atoms with Crippen LogP contribution in [0.25, 0.3) is 10.8 Å². The fourth-order valence-corrected chi connectivity index (χ4v) is 3.40. The Labute approximate surface area is 157 Å². The topological polar surface area (TPSA) is 24.5 Å². The molecule has 0 unspecified atom stereocenters. The van der Waals surface area contributed by atoms with Gasteiger partial charge in [-0.25, -0.2) is 0 Å². The Morgan fingerprint density at radius 2 is 1.71 bits per heavy atom. The van der Waals surface area contributed by atoms with Gasteiger partial charge in [-0.2, -0.15) is 0 Å². The zero-order valence-electron chi connectivity index (χ0n) is 14.5. The molecule has 0 saturated carbocycles. The molecule has 0 aromatic heterocycles. The van der Waals surface area contributed by atoms with E-state index in [-0.39, 0.29) is 24.8 Å². The summed E-state index contributed by atoms with van der Waals surface area (Å²) in [5, 5.41) is 6.00. The molecule has 1 aliphatic heterocycles. The summed E-state index contributed by atoms with van der Waals surface area (Å²) in [5.74, 6) is 0.924. The van der Waals surface area contributed by atoms with Crippen molar-refractivity contribution in [1.82, 2.24) is 10.2 Å². The highest BCUT2D eigenvalue weighted by atomic mass is 35.5. The monoisotopic (exact) mass is 370 g/mol. The molecule has 0 aliphatic carbocycles. The Bertz CT molecular complexity index is 630. The molecule has 2 aromatic rings. The molecule has 1 N–H and O–H groups in total. The summed E-state index contributed by atoms with van der Waals surface area (Å²) in [5.41, 5.74) is 1.45. The molecule has 0 spiro atoms. The number of methoxy groups -OCH3 is 1. The zero-order valence-corrected chi connectivity index (χ0v) is 16.1. The lowest BCUT2D eigenvalue weighted by atomic mass is 9.97. The first-order valence-corrected chi connectivity index (χ1v) is 8.34. The molecule has 1 fully saturated rings. The summed E-state index contributed by atoms with van der Waals surface area (Å²) >= 11 is 0. The van der Waals surface area contributed by atoms with Crippen molar-refractivity contribution in [3.8, 4) is 5.75 Å². The normalized spacial score (nSPS) is 16.1. The first-order valence-electron chi connectivity index (χ1n) is 8.34. The number of fused-ring (bicyclic) bond motifs is 1. The second kappa shape index (κ2) is 10.1. The van der Waals surface area contributed by atoms with Gasteiger partial charge in [0.25, 0.3) is 0 Å². The zero-order chi connectivity index (χ0) is 15.4. The van der Waals surface area contributed by atoms with Crippen LogP contribution in [-0.2, 0) is 0 Å². The Hall–Kier alpha value is -1.000. The van der Waals surface area contributed by atoms with Gasteiger partial charge < -0.3 is 10.1 Å². The summed E-state index contributed by atoms with van der Waals surface area (Å²) in [6, 6.07) is 13.8. The van der Waals surface area contributed by atoms with Crippen LogP contribution in [0.4, 0.5) is 0 Å². The van der Waals surface area contributed by atoms with Gasteiger partial charge in [-0.15, -0.1) is 24.8 Å². The van der Waals surface area contributed by atoms with Crippen LogP contribution >= 0.6 is 24.8 Å². The Morgan fingerprint density at radius 1 is 1.04 bits per heavy atom. The van der Waals surface area contributed by atoms with Gasteiger partial charge in [-0.05, 0) is 41.0 Å². The quantitative estimate of drug-likeness (QED) is 0.841. The lowest BCUT2D eigenvalue weighted by Crippen LogP contribution is -2.45. The third kappa shape index (κ3) is 4.76. The van der Waals surface area contributed by atoms with Gasteiger partial charge in [0, 0.05) is 32.2 Å². The van der Waals surface area contributed by atoms with Crippen molar-refractivity contribution in [2.24, 2.45) is 0 Å². The smallest absolute Gasteiger partial charge is 0.119 e. The van der Waals surface area contributed by atoms with Crippen molar-refractivity contribution in [1.29, 1.82) is 0 Å². The third-order valence-electron chi connectivity index (χ3n) is 4.61. The van der Waals surface area contributed by atoms with E-state index >= 15 is 0 Å². The number of hydrogen-bond donors (Lipinski definition) is 1. The van der Waals surface area contributed by atoms with Crippen molar-refractivity contribution in [2.75, 3.05) is 33.3 Å². The lowest BCUT2D eigenvalue weighted by Gasteiger charge is -2.35. The van der Waals surface area contributed by atoms with Crippen LogP contribution in [0.5, 0.6) is 5.75 Å². The van der Waals surface area contributed by atoms with Gasteiger partial charge in [-0.3, -0.25) is 4.90 Å². The standard InChI is InChI=1S/C19H26N2O.2ClH/c1-3-4-19(21-11-9-20-10-12-21)17-6-5-16-14-18(22-2)8-7-15(16)13-17;;/h5-8,13-14,19-20H,3-4,9-12H2,1-2H3;2*1H/t19-;;/m0../s1. The average molecular weight is 371 g/mol. The minimum Gasteiger partial charge on any atom is -0.497 e. The second-order valence-electron chi connectivity index (χ2n) is 6.06. The highest BCUT2D eigenvalue weighted by molar-refractivity contribution is 5.86. The largest absolute Gasteiger partial charge is 0.497 e. The van der Waals surface area contributed by atoms with E-state index in [4.69, 9.17) is 4.74 Å². The number of ether oxygens (including phenoxy) is 1. The minimum atomic E-state index is 0. The maximum atomic E-state index is 5.32. The van der Waals surface area contributed by atoms with E-state index in [1.165, 1.54) is 29.2 Å². The molecule has 1 aliphatic rings. The SMILES string of the molecule is CCC[C@@H](c1ccc2cc(OC)ccc2c1)N1CCNCC1.Cl.Cl. The number of piperazine rings is 1. The molecule has 3 nitrogen and oxygen atoms in total. The van der Waals surface area contributed by atoms with E-state index in [1.807, 2.05) is 6.07 Å². The highest BCUT2D eigenvalue weighted by Gasteiger charge is 2.21. The van der Waals surface area contributed by atoms with Gasteiger partial charge in [0.05, 0.1) is 7.11 Å². The van der Waals surface area contributed by atoms with E-state index < -0.39 is 0 Å². The molecule has 24 heavy (non-hydrogen) atoms. The Morgan fingerprint density at radius 3 is 2.38 bits per heavy atom. The van der Waals surface area contributed by atoms with Crippen LogP contribution in [0.15, 0.2) is 36.4 Å². The second-order valence-corrected chi connectivity index (χ2v) is 6.06. The molecular formula is C19H28Cl2N2O. The van der Waals surface area contributed by atoms with Crippen molar-refractivity contribution in [3.63, 3.8) is 0 Å². The first kappa shape index (κ1) is 21.0. The predicted molar refractivity (Wildman–Crippen MR) is 107 cm³/mol. The maximum absolute atomic E-state index is 5.32. The molecule has 2 aromatic carbocycles. The number of benzene rings is 2. The van der Waals surface area contributed by atoms with Gasteiger partial charge >= 0.3 is 0 Å². The molecule has 1 atom stereocenters. The van der Waals surface area contributed by atoms with Crippen molar-refractivity contribution >= 4 is 35.6 Å². The highest BCUT2D eigenvalue weighted by Crippen LogP contribution is 2.30. The average Bonchev–Trinajstić information content (AvgIpc) is 2.59. The van der Waals surface area contributed by atoms with Crippen molar-refractivity contribution < 1.29 is 4.74 Å². The molecule has 0 amide bonds. The van der Waals surface area contributed by atoms with Crippen LogP contribution in [0.1, 0.15) is 31.4 Å². The molecular weight excluding hydrogens is 343 g/mol. The molecule has 134 valence electrons. The Kier molecular flexibility index (Phi) is 8.85. The maximum Gasteiger partial charge on any atom is 0.119 e.